The lowest BCUT2D eigenvalue weighted by atomic mass is 9.82. The Labute approximate surface area is 131 Å². The van der Waals surface area contributed by atoms with Crippen molar-refractivity contribution in [3.05, 3.63) is 65.2 Å². The first-order valence-electron chi connectivity index (χ1n) is 7.83. The Morgan fingerprint density at radius 2 is 1.76 bits per heavy atom. The summed E-state index contributed by atoms with van der Waals surface area (Å²) in [6, 6.07) is 18.9. The van der Waals surface area contributed by atoms with Crippen LogP contribution in [0.2, 0.25) is 0 Å². The molecule has 0 aromatic heterocycles. The van der Waals surface area contributed by atoms with E-state index in [0.717, 1.165) is 0 Å². The number of fused-ring (bicyclic) bond motifs is 3. The van der Waals surface area contributed by atoms with Crippen molar-refractivity contribution in [3.63, 3.8) is 0 Å². The summed E-state index contributed by atoms with van der Waals surface area (Å²) in [6.45, 7) is 2.44. The minimum absolute atomic E-state index is 0.534. The summed E-state index contributed by atoms with van der Waals surface area (Å²) in [6.07, 6.45) is 4.81. The lowest BCUT2D eigenvalue weighted by molar-refractivity contribution is 0.230. The lowest BCUT2D eigenvalue weighted by Gasteiger charge is -2.37. The normalized spacial score (nSPS) is 24.6. The molecule has 1 nitrogen and oxygen atoms in total. The maximum atomic E-state index is 2.69. The predicted octanol–water partition coefficient (Wildman–Crippen LogP) is 4.69. The van der Waals surface area contributed by atoms with Gasteiger partial charge >= 0.3 is 0 Å². The van der Waals surface area contributed by atoms with Crippen LogP contribution in [0.3, 0.4) is 0 Å². The molecular weight excluding hydrogens is 274 g/mol. The quantitative estimate of drug-likeness (QED) is 0.739. The fourth-order valence-electron chi connectivity index (χ4n) is 3.98. The molecule has 1 saturated heterocycles. The van der Waals surface area contributed by atoms with Gasteiger partial charge in [-0.3, -0.25) is 4.90 Å². The molecule has 4 rings (SSSR count). The molecule has 2 heterocycles. The average molecular weight is 295 g/mol. The summed E-state index contributed by atoms with van der Waals surface area (Å²) in [5, 5.41) is 0. The topological polar surface area (TPSA) is 3.24 Å². The van der Waals surface area contributed by atoms with E-state index in [1.54, 1.807) is 11.1 Å². The van der Waals surface area contributed by atoms with Crippen molar-refractivity contribution < 1.29 is 0 Å². The number of hydrogen-bond acceptors (Lipinski definition) is 2. The smallest absolute Gasteiger partial charge is 0.0351 e. The Bertz CT molecular complexity index is 634. The van der Waals surface area contributed by atoms with Gasteiger partial charge in [0, 0.05) is 23.4 Å². The van der Waals surface area contributed by atoms with Gasteiger partial charge in [-0.2, -0.15) is 0 Å². The summed E-state index contributed by atoms with van der Waals surface area (Å²) < 4.78 is 0. The van der Waals surface area contributed by atoms with Crippen molar-refractivity contribution >= 4 is 11.8 Å². The van der Waals surface area contributed by atoms with Gasteiger partial charge in [0.15, 0.2) is 0 Å². The number of rotatable bonds is 2. The van der Waals surface area contributed by atoms with Crippen LogP contribution in [0.1, 0.15) is 41.5 Å². The zero-order chi connectivity index (χ0) is 14.2. The van der Waals surface area contributed by atoms with Crippen molar-refractivity contribution in [2.45, 2.75) is 29.7 Å². The second-order valence-electron chi connectivity index (χ2n) is 6.11. The third-order valence-electron chi connectivity index (χ3n) is 5.03. The molecule has 0 bridgehead atoms. The van der Waals surface area contributed by atoms with Crippen LogP contribution < -0.4 is 0 Å². The molecule has 2 aliphatic rings. The molecule has 2 aliphatic heterocycles. The van der Waals surface area contributed by atoms with Crippen LogP contribution >= 0.6 is 11.8 Å². The minimum Gasteiger partial charge on any atom is -0.295 e. The Morgan fingerprint density at radius 1 is 1.00 bits per heavy atom. The van der Waals surface area contributed by atoms with E-state index in [9.17, 15) is 0 Å². The first-order chi connectivity index (χ1) is 10.4. The van der Waals surface area contributed by atoms with E-state index in [0.29, 0.717) is 12.0 Å². The average Bonchev–Trinajstić information content (AvgIpc) is 3.03. The van der Waals surface area contributed by atoms with Gasteiger partial charge in [0.1, 0.15) is 0 Å². The highest BCUT2D eigenvalue weighted by atomic mass is 32.2. The fourth-order valence-corrected chi connectivity index (χ4v) is 4.39. The van der Waals surface area contributed by atoms with Gasteiger partial charge in [-0.1, -0.05) is 36.4 Å². The monoisotopic (exact) mass is 295 g/mol. The molecule has 0 amide bonds. The van der Waals surface area contributed by atoms with E-state index in [-0.39, 0.29) is 0 Å². The van der Waals surface area contributed by atoms with Crippen LogP contribution in [-0.2, 0) is 0 Å². The highest BCUT2D eigenvalue weighted by Gasteiger charge is 2.35. The molecule has 2 aromatic rings. The van der Waals surface area contributed by atoms with Crippen LogP contribution in [0.5, 0.6) is 0 Å². The molecule has 2 atom stereocenters. The summed E-state index contributed by atoms with van der Waals surface area (Å²) in [5.74, 6) is 0.534. The Hall–Kier alpha value is -1.25. The van der Waals surface area contributed by atoms with E-state index >= 15 is 0 Å². The van der Waals surface area contributed by atoms with Gasteiger partial charge in [0.2, 0.25) is 0 Å². The molecule has 2 heteroatoms. The van der Waals surface area contributed by atoms with Gasteiger partial charge < -0.3 is 0 Å². The molecule has 0 aliphatic carbocycles. The second kappa shape index (κ2) is 5.51. The van der Waals surface area contributed by atoms with Crippen molar-refractivity contribution in [2.75, 3.05) is 19.3 Å². The molecule has 0 N–H and O–H groups in total. The Morgan fingerprint density at radius 3 is 2.52 bits per heavy atom. The zero-order valence-electron chi connectivity index (χ0n) is 12.5. The zero-order valence-corrected chi connectivity index (χ0v) is 13.3. The third-order valence-corrected chi connectivity index (χ3v) is 5.77. The number of thioether (sulfide) groups is 1. The number of benzene rings is 2. The molecule has 21 heavy (non-hydrogen) atoms. The molecule has 2 aromatic carbocycles. The van der Waals surface area contributed by atoms with E-state index in [1.165, 1.54) is 36.4 Å². The number of nitrogens with zero attached hydrogens (tertiary/aromatic N) is 1. The summed E-state index contributed by atoms with van der Waals surface area (Å²) in [4.78, 5) is 4.04. The molecule has 0 radical (unpaired) electrons. The van der Waals surface area contributed by atoms with Crippen LogP contribution in [0, 0.1) is 0 Å². The maximum absolute atomic E-state index is 2.69. The van der Waals surface area contributed by atoms with E-state index in [1.807, 2.05) is 11.8 Å². The van der Waals surface area contributed by atoms with E-state index < -0.39 is 0 Å². The predicted molar refractivity (Wildman–Crippen MR) is 90.1 cm³/mol. The van der Waals surface area contributed by atoms with Crippen LogP contribution in [0.4, 0.5) is 0 Å². The van der Waals surface area contributed by atoms with Crippen molar-refractivity contribution in [3.8, 4) is 0 Å². The van der Waals surface area contributed by atoms with Gasteiger partial charge in [0.25, 0.3) is 0 Å². The Balaban J connectivity index is 1.76. The molecule has 1 unspecified atom stereocenters. The SMILES string of the molecule is CSc1ccc([C@@H]2CN3CCCC3c3ccccc32)cc1. The first-order valence-corrected chi connectivity index (χ1v) is 9.06. The summed E-state index contributed by atoms with van der Waals surface area (Å²) >= 11 is 1.81. The second-order valence-corrected chi connectivity index (χ2v) is 6.99. The summed E-state index contributed by atoms with van der Waals surface area (Å²) in [5.41, 5.74) is 4.59. The molecule has 0 saturated carbocycles. The highest BCUT2D eigenvalue weighted by molar-refractivity contribution is 7.98. The largest absolute Gasteiger partial charge is 0.295 e. The Kier molecular flexibility index (Phi) is 3.52. The van der Waals surface area contributed by atoms with Gasteiger partial charge in [-0.05, 0) is 54.5 Å². The molecular formula is C19H21NS. The first kappa shape index (κ1) is 13.4. The third kappa shape index (κ3) is 2.31. The van der Waals surface area contributed by atoms with Gasteiger partial charge in [0.05, 0.1) is 0 Å². The molecule has 108 valence electrons. The van der Waals surface area contributed by atoms with Gasteiger partial charge in [-0.25, -0.2) is 0 Å². The van der Waals surface area contributed by atoms with Crippen molar-refractivity contribution in [2.24, 2.45) is 0 Å². The standard InChI is InChI=1S/C19H21NS/c1-21-15-10-8-14(9-11-15)18-13-20-12-4-7-19(20)17-6-3-2-5-16(17)18/h2-3,5-6,8-11,18-19H,4,7,12-13H2,1H3/t18-,19?/m0/s1. The summed E-state index contributed by atoms with van der Waals surface area (Å²) in [7, 11) is 0. The van der Waals surface area contributed by atoms with E-state index in [4.69, 9.17) is 0 Å². The fraction of sp³-hybridized carbons (Fsp3) is 0.368. The van der Waals surface area contributed by atoms with Crippen molar-refractivity contribution in [1.29, 1.82) is 0 Å². The van der Waals surface area contributed by atoms with Gasteiger partial charge in [-0.15, -0.1) is 11.8 Å². The van der Waals surface area contributed by atoms with Crippen LogP contribution in [0.15, 0.2) is 53.4 Å². The van der Waals surface area contributed by atoms with Crippen LogP contribution in [0.25, 0.3) is 0 Å². The molecule has 0 spiro atoms. The lowest BCUT2D eigenvalue weighted by Crippen LogP contribution is -2.34. The minimum atomic E-state index is 0.534. The molecule has 1 fully saturated rings. The van der Waals surface area contributed by atoms with E-state index in [2.05, 4.69) is 59.7 Å². The van der Waals surface area contributed by atoms with Crippen molar-refractivity contribution in [1.82, 2.24) is 4.90 Å². The highest BCUT2D eigenvalue weighted by Crippen LogP contribution is 2.44. The number of hydrogen-bond donors (Lipinski definition) is 0. The maximum Gasteiger partial charge on any atom is 0.0351 e. The van der Waals surface area contributed by atoms with Crippen LogP contribution in [-0.4, -0.2) is 24.2 Å².